The van der Waals surface area contributed by atoms with Gasteiger partial charge in [-0.3, -0.25) is 9.80 Å². The lowest BCUT2D eigenvalue weighted by Gasteiger charge is -2.37. The number of hydrogen-bond acceptors (Lipinski definition) is 4. The van der Waals surface area contributed by atoms with Gasteiger partial charge < -0.3 is 9.64 Å². The highest BCUT2D eigenvalue weighted by Gasteiger charge is 2.20. The molecule has 0 unspecified atom stereocenters. The lowest BCUT2D eigenvalue weighted by molar-refractivity contribution is 0.0331. The summed E-state index contributed by atoms with van der Waals surface area (Å²) in [5.74, 6) is -0.0956. The molecule has 2 aliphatic heterocycles. The Morgan fingerprint density at radius 2 is 1.59 bits per heavy atom. The number of benzene rings is 1. The van der Waals surface area contributed by atoms with Crippen molar-refractivity contribution in [2.24, 2.45) is 0 Å². The molecule has 0 aromatic heterocycles. The minimum Gasteiger partial charge on any atom is -0.379 e. The zero-order valence-corrected chi connectivity index (χ0v) is 13.4. The summed E-state index contributed by atoms with van der Waals surface area (Å²) in [7, 11) is 0. The SMILES string of the molecule is Cc1ccc(N2CCN(CCN3CCOCC3)CC2)c(F)c1. The van der Waals surface area contributed by atoms with Crippen LogP contribution < -0.4 is 4.90 Å². The Labute approximate surface area is 132 Å². The number of anilines is 1. The first-order chi connectivity index (χ1) is 10.7. The van der Waals surface area contributed by atoms with Crippen LogP contribution in [0.1, 0.15) is 5.56 Å². The standard InChI is InChI=1S/C17H26FN3O/c1-15-2-3-17(16(18)14-15)21-8-6-19(7-9-21)4-5-20-10-12-22-13-11-20/h2-3,14H,4-13H2,1H3. The lowest BCUT2D eigenvalue weighted by Crippen LogP contribution is -2.49. The van der Waals surface area contributed by atoms with Crippen molar-refractivity contribution in [2.45, 2.75) is 6.92 Å². The van der Waals surface area contributed by atoms with Crippen LogP contribution in [-0.4, -0.2) is 75.4 Å². The van der Waals surface area contributed by atoms with Gasteiger partial charge in [0.15, 0.2) is 0 Å². The lowest BCUT2D eigenvalue weighted by atomic mass is 10.2. The van der Waals surface area contributed by atoms with Crippen molar-refractivity contribution < 1.29 is 9.13 Å². The van der Waals surface area contributed by atoms with E-state index in [0.29, 0.717) is 0 Å². The van der Waals surface area contributed by atoms with Crippen LogP contribution in [0.3, 0.4) is 0 Å². The number of morpholine rings is 1. The normalized spacial score (nSPS) is 21.3. The van der Waals surface area contributed by atoms with Crippen LogP contribution in [0.4, 0.5) is 10.1 Å². The summed E-state index contributed by atoms with van der Waals surface area (Å²) in [4.78, 5) is 7.12. The average molecular weight is 307 g/mol. The van der Waals surface area contributed by atoms with E-state index in [4.69, 9.17) is 4.74 Å². The van der Waals surface area contributed by atoms with Crippen molar-refractivity contribution in [3.8, 4) is 0 Å². The highest BCUT2D eigenvalue weighted by molar-refractivity contribution is 5.49. The van der Waals surface area contributed by atoms with Crippen LogP contribution >= 0.6 is 0 Å². The topological polar surface area (TPSA) is 19.0 Å². The van der Waals surface area contributed by atoms with Gasteiger partial charge >= 0.3 is 0 Å². The van der Waals surface area contributed by atoms with Crippen LogP contribution in [0.15, 0.2) is 18.2 Å². The summed E-state index contributed by atoms with van der Waals surface area (Å²) in [6.45, 7) is 11.8. The predicted molar refractivity (Wildman–Crippen MR) is 87.0 cm³/mol. The third-order valence-corrected chi connectivity index (χ3v) is 4.65. The van der Waals surface area contributed by atoms with Crippen LogP contribution in [0.25, 0.3) is 0 Å². The van der Waals surface area contributed by atoms with Gasteiger partial charge in [-0.25, -0.2) is 4.39 Å². The summed E-state index contributed by atoms with van der Waals surface area (Å²) >= 11 is 0. The first-order valence-electron chi connectivity index (χ1n) is 8.26. The fourth-order valence-electron chi connectivity index (χ4n) is 3.19. The van der Waals surface area contributed by atoms with E-state index in [9.17, 15) is 4.39 Å². The smallest absolute Gasteiger partial charge is 0.146 e. The molecule has 122 valence electrons. The van der Waals surface area contributed by atoms with Gasteiger partial charge in [0.25, 0.3) is 0 Å². The molecule has 2 aliphatic rings. The van der Waals surface area contributed by atoms with Crippen molar-refractivity contribution in [3.63, 3.8) is 0 Å². The van der Waals surface area contributed by atoms with E-state index < -0.39 is 0 Å². The van der Waals surface area contributed by atoms with Crippen molar-refractivity contribution >= 4 is 5.69 Å². The van der Waals surface area contributed by atoms with Crippen LogP contribution in [0, 0.1) is 12.7 Å². The Morgan fingerprint density at radius 1 is 0.955 bits per heavy atom. The van der Waals surface area contributed by atoms with Gasteiger partial charge in [0, 0.05) is 52.4 Å². The monoisotopic (exact) mass is 307 g/mol. The fraction of sp³-hybridized carbons (Fsp3) is 0.647. The second-order valence-corrected chi connectivity index (χ2v) is 6.24. The van der Waals surface area contributed by atoms with Gasteiger partial charge in [-0.05, 0) is 24.6 Å². The maximum Gasteiger partial charge on any atom is 0.146 e. The van der Waals surface area contributed by atoms with Crippen molar-refractivity contribution in [2.75, 3.05) is 70.5 Å². The molecule has 5 heteroatoms. The molecule has 22 heavy (non-hydrogen) atoms. The second-order valence-electron chi connectivity index (χ2n) is 6.24. The van der Waals surface area contributed by atoms with Gasteiger partial charge in [0.05, 0.1) is 18.9 Å². The average Bonchev–Trinajstić information content (AvgIpc) is 2.55. The van der Waals surface area contributed by atoms with Gasteiger partial charge in [0.2, 0.25) is 0 Å². The maximum absolute atomic E-state index is 14.0. The number of aryl methyl sites for hydroxylation is 1. The Kier molecular flexibility index (Phi) is 5.28. The Bertz CT molecular complexity index is 483. The van der Waals surface area contributed by atoms with E-state index in [2.05, 4.69) is 14.7 Å². The number of rotatable bonds is 4. The van der Waals surface area contributed by atoms with E-state index in [-0.39, 0.29) is 5.82 Å². The molecule has 1 aromatic rings. The molecule has 2 fully saturated rings. The Hall–Kier alpha value is -1.17. The summed E-state index contributed by atoms with van der Waals surface area (Å²) in [6, 6.07) is 5.53. The maximum atomic E-state index is 14.0. The quantitative estimate of drug-likeness (QED) is 0.841. The molecule has 0 N–H and O–H groups in total. The summed E-state index contributed by atoms with van der Waals surface area (Å²) in [6.07, 6.45) is 0. The number of piperazine rings is 1. The predicted octanol–water partition coefficient (Wildman–Crippen LogP) is 1.59. The number of halogens is 1. The van der Waals surface area contributed by atoms with Gasteiger partial charge in [0.1, 0.15) is 5.82 Å². The highest BCUT2D eigenvalue weighted by atomic mass is 19.1. The molecule has 0 spiro atoms. The second kappa shape index (κ2) is 7.40. The summed E-state index contributed by atoms with van der Waals surface area (Å²) in [5.41, 5.74) is 1.73. The number of hydrogen-bond donors (Lipinski definition) is 0. The fourth-order valence-corrected chi connectivity index (χ4v) is 3.19. The molecular formula is C17H26FN3O. The largest absolute Gasteiger partial charge is 0.379 e. The van der Waals surface area contributed by atoms with E-state index in [0.717, 1.165) is 76.8 Å². The molecule has 2 saturated heterocycles. The van der Waals surface area contributed by atoms with Gasteiger partial charge in [-0.1, -0.05) is 6.07 Å². The molecule has 0 saturated carbocycles. The van der Waals surface area contributed by atoms with E-state index in [1.807, 2.05) is 19.1 Å². The van der Waals surface area contributed by atoms with Crippen molar-refractivity contribution in [1.29, 1.82) is 0 Å². The van der Waals surface area contributed by atoms with Crippen LogP contribution in [0.2, 0.25) is 0 Å². The van der Waals surface area contributed by atoms with Crippen LogP contribution in [-0.2, 0) is 4.74 Å². The minimum atomic E-state index is -0.0956. The summed E-state index contributed by atoms with van der Waals surface area (Å²) < 4.78 is 19.4. The molecule has 0 atom stereocenters. The molecule has 0 radical (unpaired) electrons. The molecule has 3 rings (SSSR count). The minimum absolute atomic E-state index is 0.0956. The Morgan fingerprint density at radius 3 is 2.23 bits per heavy atom. The van der Waals surface area contributed by atoms with E-state index in [1.54, 1.807) is 6.07 Å². The first-order valence-corrected chi connectivity index (χ1v) is 8.26. The van der Waals surface area contributed by atoms with E-state index >= 15 is 0 Å². The van der Waals surface area contributed by atoms with Crippen LogP contribution in [0.5, 0.6) is 0 Å². The molecule has 0 aliphatic carbocycles. The first kappa shape index (κ1) is 15.7. The zero-order chi connectivity index (χ0) is 15.4. The molecule has 0 amide bonds. The molecule has 1 aromatic carbocycles. The summed E-state index contributed by atoms with van der Waals surface area (Å²) in [5, 5.41) is 0. The van der Waals surface area contributed by atoms with Gasteiger partial charge in [-0.15, -0.1) is 0 Å². The van der Waals surface area contributed by atoms with Gasteiger partial charge in [-0.2, -0.15) is 0 Å². The highest BCUT2D eigenvalue weighted by Crippen LogP contribution is 2.21. The zero-order valence-electron chi connectivity index (χ0n) is 13.4. The molecule has 0 bridgehead atoms. The number of ether oxygens (including phenoxy) is 1. The van der Waals surface area contributed by atoms with Crippen molar-refractivity contribution in [1.82, 2.24) is 9.80 Å². The third-order valence-electron chi connectivity index (χ3n) is 4.65. The third kappa shape index (κ3) is 3.97. The van der Waals surface area contributed by atoms with E-state index in [1.165, 1.54) is 0 Å². The Balaban J connectivity index is 1.45. The number of nitrogens with zero attached hydrogens (tertiary/aromatic N) is 3. The molecular weight excluding hydrogens is 281 g/mol. The molecule has 2 heterocycles. The molecule has 4 nitrogen and oxygen atoms in total. The van der Waals surface area contributed by atoms with Crippen molar-refractivity contribution in [3.05, 3.63) is 29.6 Å².